The highest BCUT2D eigenvalue weighted by molar-refractivity contribution is 5.79. The number of aliphatic imine (C=N–C) groups is 1. The van der Waals surface area contributed by atoms with E-state index in [4.69, 9.17) is 4.74 Å². The minimum Gasteiger partial charge on any atom is -0.379 e. The van der Waals surface area contributed by atoms with Gasteiger partial charge in [-0.1, -0.05) is 59.7 Å². The Labute approximate surface area is 168 Å². The molecule has 0 spiro atoms. The summed E-state index contributed by atoms with van der Waals surface area (Å²) in [5.74, 6) is 0.826. The first-order valence-corrected chi connectivity index (χ1v) is 10.0. The van der Waals surface area contributed by atoms with Gasteiger partial charge in [-0.2, -0.15) is 0 Å². The molecule has 0 bridgehead atoms. The summed E-state index contributed by atoms with van der Waals surface area (Å²) < 4.78 is 5.56. The largest absolute Gasteiger partial charge is 0.379 e. The van der Waals surface area contributed by atoms with Crippen molar-refractivity contribution >= 4 is 5.96 Å². The minimum atomic E-state index is 0.293. The number of benzene rings is 2. The molecule has 2 aromatic carbocycles. The van der Waals surface area contributed by atoms with E-state index in [1.165, 1.54) is 22.3 Å². The van der Waals surface area contributed by atoms with E-state index >= 15 is 0 Å². The van der Waals surface area contributed by atoms with E-state index in [9.17, 15) is 0 Å². The Hall–Kier alpha value is -2.37. The topological polar surface area (TPSA) is 48.9 Å². The number of aryl methyl sites for hydroxylation is 2. The van der Waals surface area contributed by atoms with E-state index in [-0.39, 0.29) is 0 Å². The standard InChI is InChI=1S/C23H32N4O/c1-18-6-4-8-20(14-18)16-25-23(24-3)26-17-22(27-10-12-28-13-11-27)21-9-5-7-19(2)15-21/h4-9,14-15,22H,10-13,16-17H2,1-3H3,(H2,24,25,26). The maximum atomic E-state index is 5.56. The van der Waals surface area contributed by atoms with Gasteiger partial charge in [0.1, 0.15) is 0 Å². The van der Waals surface area contributed by atoms with Gasteiger partial charge in [-0.25, -0.2) is 0 Å². The second-order valence-corrected chi connectivity index (χ2v) is 7.37. The number of nitrogens with zero attached hydrogens (tertiary/aromatic N) is 2. The number of morpholine rings is 1. The van der Waals surface area contributed by atoms with Gasteiger partial charge >= 0.3 is 0 Å². The fourth-order valence-corrected chi connectivity index (χ4v) is 3.65. The quantitative estimate of drug-likeness (QED) is 0.597. The summed E-state index contributed by atoms with van der Waals surface area (Å²) in [6.45, 7) is 9.32. The van der Waals surface area contributed by atoms with Gasteiger partial charge in [-0.05, 0) is 25.0 Å². The zero-order valence-electron chi connectivity index (χ0n) is 17.2. The summed E-state index contributed by atoms with van der Waals surface area (Å²) in [5, 5.41) is 6.96. The highest BCUT2D eigenvalue weighted by Crippen LogP contribution is 2.22. The third-order valence-electron chi connectivity index (χ3n) is 5.14. The van der Waals surface area contributed by atoms with Crippen molar-refractivity contribution in [3.8, 4) is 0 Å². The fraction of sp³-hybridized carbons (Fsp3) is 0.435. The van der Waals surface area contributed by atoms with Crippen LogP contribution in [0.25, 0.3) is 0 Å². The lowest BCUT2D eigenvalue weighted by molar-refractivity contribution is 0.0170. The molecule has 0 aliphatic carbocycles. The Kier molecular flexibility index (Phi) is 7.46. The summed E-state index contributed by atoms with van der Waals surface area (Å²) in [4.78, 5) is 6.90. The molecular weight excluding hydrogens is 348 g/mol. The molecule has 1 fully saturated rings. The van der Waals surface area contributed by atoms with Gasteiger partial charge in [-0.3, -0.25) is 9.89 Å². The van der Waals surface area contributed by atoms with Gasteiger partial charge in [-0.15, -0.1) is 0 Å². The molecule has 0 radical (unpaired) electrons. The molecule has 1 atom stereocenters. The Bertz CT molecular complexity index is 784. The number of rotatable bonds is 6. The van der Waals surface area contributed by atoms with Crippen LogP contribution in [0.5, 0.6) is 0 Å². The van der Waals surface area contributed by atoms with Gasteiger partial charge < -0.3 is 15.4 Å². The molecule has 1 aliphatic rings. The summed E-state index contributed by atoms with van der Waals surface area (Å²) in [5.41, 5.74) is 5.15. The van der Waals surface area contributed by atoms with Crippen molar-refractivity contribution in [1.82, 2.24) is 15.5 Å². The number of guanidine groups is 1. The fourth-order valence-electron chi connectivity index (χ4n) is 3.65. The van der Waals surface area contributed by atoms with Crippen molar-refractivity contribution < 1.29 is 4.74 Å². The first-order valence-electron chi connectivity index (χ1n) is 10.0. The monoisotopic (exact) mass is 380 g/mol. The summed E-state index contributed by atoms with van der Waals surface area (Å²) in [6.07, 6.45) is 0. The molecule has 1 aliphatic heterocycles. The first-order chi connectivity index (χ1) is 13.7. The molecule has 0 amide bonds. The van der Waals surface area contributed by atoms with Gasteiger partial charge in [0.05, 0.1) is 19.3 Å². The molecule has 0 aromatic heterocycles. The van der Waals surface area contributed by atoms with E-state index in [1.807, 2.05) is 7.05 Å². The molecular formula is C23H32N4O. The normalized spacial score (nSPS) is 16.6. The first kappa shape index (κ1) is 20.4. The Morgan fingerprint density at radius 1 is 1.04 bits per heavy atom. The van der Waals surface area contributed by atoms with Gasteiger partial charge in [0.25, 0.3) is 0 Å². The van der Waals surface area contributed by atoms with Crippen molar-refractivity contribution in [2.45, 2.75) is 26.4 Å². The second-order valence-electron chi connectivity index (χ2n) is 7.37. The zero-order valence-corrected chi connectivity index (χ0v) is 17.2. The summed E-state index contributed by atoms with van der Waals surface area (Å²) in [6, 6.07) is 17.6. The third-order valence-corrected chi connectivity index (χ3v) is 5.14. The lowest BCUT2D eigenvalue weighted by Gasteiger charge is -2.35. The molecule has 5 heteroatoms. The highest BCUT2D eigenvalue weighted by Gasteiger charge is 2.23. The lowest BCUT2D eigenvalue weighted by Crippen LogP contribution is -2.46. The van der Waals surface area contributed by atoms with Crippen LogP contribution in [0.4, 0.5) is 0 Å². The van der Waals surface area contributed by atoms with Gasteiger partial charge in [0.2, 0.25) is 0 Å². The molecule has 1 saturated heterocycles. The lowest BCUT2D eigenvalue weighted by atomic mass is 10.0. The van der Waals surface area contributed by atoms with Crippen LogP contribution in [0.3, 0.4) is 0 Å². The molecule has 1 unspecified atom stereocenters. The average Bonchev–Trinajstić information content (AvgIpc) is 2.71. The zero-order chi connectivity index (χ0) is 19.8. The molecule has 2 N–H and O–H groups in total. The van der Waals surface area contributed by atoms with Gasteiger partial charge in [0.15, 0.2) is 5.96 Å². The van der Waals surface area contributed by atoms with E-state index in [0.717, 1.165) is 45.4 Å². The van der Waals surface area contributed by atoms with E-state index in [0.29, 0.717) is 6.04 Å². The van der Waals surface area contributed by atoms with Crippen molar-refractivity contribution in [3.05, 3.63) is 70.8 Å². The van der Waals surface area contributed by atoms with E-state index in [2.05, 4.69) is 82.9 Å². The maximum absolute atomic E-state index is 5.56. The van der Waals surface area contributed by atoms with Crippen LogP contribution in [0, 0.1) is 13.8 Å². The number of hydrogen-bond donors (Lipinski definition) is 2. The van der Waals surface area contributed by atoms with Gasteiger partial charge in [0, 0.05) is 33.2 Å². The second kappa shape index (κ2) is 10.2. The number of hydrogen-bond acceptors (Lipinski definition) is 3. The summed E-state index contributed by atoms with van der Waals surface area (Å²) in [7, 11) is 1.82. The average molecular weight is 381 g/mol. The molecule has 0 saturated carbocycles. The Morgan fingerprint density at radius 2 is 1.75 bits per heavy atom. The molecule has 5 nitrogen and oxygen atoms in total. The molecule has 3 rings (SSSR count). The predicted octanol–water partition coefficient (Wildman–Crippen LogP) is 3.04. The minimum absolute atomic E-state index is 0.293. The smallest absolute Gasteiger partial charge is 0.191 e. The number of nitrogens with one attached hydrogen (secondary N) is 2. The Balaban J connectivity index is 1.64. The van der Waals surface area contributed by atoms with E-state index < -0.39 is 0 Å². The van der Waals surface area contributed by atoms with Crippen molar-refractivity contribution in [2.24, 2.45) is 4.99 Å². The van der Waals surface area contributed by atoms with Crippen LogP contribution in [0.1, 0.15) is 28.3 Å². The van der Waals surface area contributed by atoms with Crippen LogP contribution in [0.15, 0.2) is 53.5 Å². The predicted molar refractivity (Wildman–Crippen MR) is 116 cm³/mol. The molecule has 2 aromatic rings. The molecule has 1 heterocycles. The van der Waals surface area contributed by atoms with Crippen LogP contribution in [-0.2, 0) is 11.3 Å². The van der Waals surface area contributed by atoms with Crippen LogP contribution in [-0.4, -0.2) is 50.8 Å². The summed E-state index contributed by atoms with van der Waals surface area (Å²) >= 11 is 0. The van der Waals surface area contributed by atoms with E-state index in [1.54, 1.807) is 0 Å². The number of ether oxygens (including phenoxy) is 1. The third kappa shape index (κ3) is 5.81. The Morgan fingerprint density at radius 3 is 2.43 bits per heavy atom. The van der Waals surface area contributed by atoms with Crippen LogP contribution >= 0.6 is 0 Å². The van der Waals surface area contributed by atoms with Crippen LogP contribution < -0.4 is 10.6 Å². The maximum Gasteiger partial charge on any atom is 0.191 e. The molecule has 150 valence electrons. The van der Waals surface area contributed by atoms with Crippen molar-refractivity contribution in [1.29, 1.82) is 0 Å². The van der Waals surface area contributed by atoms with Crippen molar-refractivity contribution in [2.75, 3.05) is 39.9 Å². The van der Waals surface area contributed by atoms with Crippen molar-refractivity contribution in [3.63, 3.8) is 0 Å². The SMILES string of the molecule is CN=C(NCc1cccc(C)c1)NCC(c1cccc(C)c1)N1CCOCC1. The highest BCUT2D eigenvalue weighted by atomic mass is 16.5. The molecule has 28 heavy (non-hydrogen) atoms. The van der Waals surface area contributed by atoms with Crippen LogP contribution in [0.2, 0.25) is 0 Å².